The van der Waals surface area contributed by atoms with Gasteiger partial charge in [-0.3, -0.25) is 9.59 Å². The third kappa shape index (κ3) is 8.03. The minimum absolute atomic E-state index is 0.0355. The monoisotopic (exact) mass is 261 g/mol. The molecule has 6 heteroatoms. The van der Waals surface area contributed by atoms with Crippen molar-refractivity contribution < 1.29 is 24.2 Å². The number of hydrogen-bond acceptors (Lipinski definition) is 4. The Hall–Kier alpha value is -1.14. The molecule has 1 atom stereocenters. The topological polar surface area (TPSA) is 84.9 Å². The zero-order valence-corrected chi connectivity index (χ0v) is 11.5. The first kappa shape index (κ1) is 16.9. The highest BCUT2D eigenvalue weighted by atomic mass is 16.5. The molecule has 6 nitrogen and oxygen atoms in total. The zero-order chi connectivity index (χ0) is 14.2. The maximum Gasteiger partial charge on any atom is 0.303 e. The molecular formula is C12H23NO5. The Bertz CT molecular complexity index is 278. The first-order chi connectivity index (χ1) is 8.30. The van der Waals surface area contributed by atoms with E-state index in [4.69, 9.17) is 14.6 Å². The van der Waals surface area contributed by atoms with Gasteiger partial charge in [0.15, 0.2) is 0 Å². The highest BCUT2D eigenvalue weighted by Crippen LogP contribution is 2.24. The van der Waals surface area contributed by atoms with Crippen molar-refractivity contribution in [3.63, 3.8) is 0 Å². The smallest absolute Gasteiger partial charge is 0.303 e. The minimum Gasteiger partial charge on any atom is -0.481 e. The van der Waals surface area contributed by atoms with E-state index in [2.05, 4.69) is 5.32 Å². The quantitative estimate of drug-likeness (QED) is 0.636. The van der Waals surface area contributed by atoms with Crippen molar-refractivity contribution in [1.29, 1.82) is 0 Å². The summed E-state index contributed by atoms with van der Waals surface area (Å²) in [4.78, 5) is 22.3. The number of carbonyl (C=O) groups excluding carboxylic acids is 1. The fourth-order valence-corrected chi connectivity index (χ4v) is 1.59. The molecule has 2 N–H and O–H groups in total. The van der Waals surface area contributed by atoms with Gasteiger partial charge < -0.3 is 19.9 Å². The lowest BCUT2D eigenvalue weighted by atomic mass is 9.85. The SMILES string of the molecule is COCC(CNC(=O)CC(C)(C)CC(=O)O)OC. The second-order valence-electron chi connectivity index (χ2n) is 5.03. The molecular weight excluding hydrogens is 238 g/mol. The number of carbonyl (C=O) groups is 2. The fraction of sp³-hybridized carbons (Fsp3) is 0.833. The highest BCUT2D eigenvalue weighted by Gasteiger charge is 2.25. The number of carboxylic acids is 1. The molecule has 0 aliphatic heterocycles. The summed E-state index contributed by atoms with van der Waals surface area (Å²) < 4.78 is 10.0. The number of hydrogen-bond donors (Lipinski definition) is 2. The molecule has 0 aromatic carbocycles. The average Bonchev–Trinajstić information content (AvgIpc) is 2.21. The van der Waals surface area contributed by atoms with Crippen molar-refractivity contribution in [1.82, 2.24) is 5.32 Å². The summed E-state index contributed by atoms with van der Waals surface area (Å²) in [7, 11) is 3.11. The third-order valence-electron chi connectivity index (χ3n) is 2.48. The molecule has 0 radical (unpaired) electrons. The van der Waals surface area contributed by atoms with Gasteiger partial charge in [-0.05, 0) is 5.41 Å². The first-order valence-electron chi connectivity index (χ1n) is 5.81. The van der Waals surface area contributed by atoms with Gasteiger partial charge in [0.1, 0.15) is 0 Å². The van der Waals surface area contributed by atoms with Crippen LogP contribution in [-0.4, -0.2) is 50.5 Å². The van der Waals surface area contributed by atoms with Crippen molar-refractivity contribution in [2.45, 2.75) is 32.8 Å². The second kappa shape index (κ2) is 8.05. The summed E-state index contributed by atoms with van der Waals surface area (Å²) in [5.41, 5.74) is -0.556. The molecule has 106 valence electrons. The van der Waals surface area contributed by atoms with Crippen LogP contribution in [-0.2, 0) is 19.1 Å². The Morgan fingerprint density at radius 2 is 1.89 bits per heavy atom. The van der Waals surface area contributed by atoms with E-state index in [1.54, 1.807) is 28.1 Å². The van der Waals surface area contributed by atoms with Crippen LogP contribution in [0.1, 0.15) is 26.7 Å². The molecule has 0 aromatic heterocycles. The van der Waals surface area contributed by atoms with Crippen molar-refractivity contribution in [3.05, 3.63) is 0 Å². The molecule has 0 fully saturated rings. The van der Waals surface area contributed by atoms with Gasteiger partial charge in [0.05, 0.1) is 19.1 Å². The van der Waals surface area contributed by atoms with Crippen molar-refractivity contribution in [2.75, 3.05) is 27.4 Å². The van der Waals surface area contributed by atoms with Crippen LogP contribution in [0.4, 0.5) is 0 Å². The molecule has 0 saturated heterocycles. The van der Waals surface area contributed by atoms with Crippen molar-refractivity contribution in [3.8, 4) is 0 Å². The van der Waals surface area contributed by atoms with Crippen LogP contribution >= 0.6 is 0 Å². The Morgan fingerprint density at radius 1 is 1.28 bits per heavy atom. The summed E-state index contributed by atoms with van der Waals surface area (Å²) in [6.45, 7) is 4.26. The molecule has 1 unspecified atom stereocenters. The van der Waals surface area contributed by atoms with Crippen molar-refractivity contribution >= 4 is 11.9 Å². The number of aliphatic carboxylic acids is 1. The van der Waals surface area contributed by atoms with E-state index in [1.807, 2.05) is 0 Å². The standard InChI is InChI=1S/C12H23NO5/c1-12(2,6-11(15)16)5-10(14)13-7-9(18-4)8-17-3/h9H,5-8H2,1-4H3,(H,13,14)(H,15,16). The lowest BCUT2D eigenvalue weighted by Crippen LogP contribution is -2.37. The van der Waals surface area contributed by atoms with Crippen LogP contribution in [0.3, 0.4) is 0 Å². The Balaban J connectivity index is 4.06. The van der Waals surface area contributed by atoms with E-state index >= 15 is 0 Å². The van der Waals surface area contributed by atoms with Gasteiger partial charge in [-0.25, -0.2) is 0 Å². The zero-order valence-electron chi connectivity index (χ0n) is 11.5. The first-order valence-corrected chi connectivity index (χ1v) is 5.81. The summed E-state index contributed by atoms with van der Waals surface area (Å²) in [5, 5.41) is 11.4. The maximum absolute atomic E-state index is 11.7. The predicted octanol–water partition coefficient (Wildman–Crippen LogP) is 0.655. The Labute approximate surface area is 108 Å². The van der Waals surface area contributed by atoms with Crippen LogP contribution in [0.2, 0.25) is 0 Å². The lowest BCUT2D eigenvalue weighted by Gasteiger charge is -2.22. The number of nitrogens with one attached hydrogen (secondary N) is 1. The molecule has 0 aliphatic rings. The summed E-state index contributed by atoms with van der Waals surface area (Å²) in [6.07, 6.45) is -0.0592. The molecule has 18 heavy (non-hydrogen) atoms. The normalized spacial score (nSPS) is 13.1. The number of amides is 1. The fourth-order valence-electron chi connectivity index (χ4n) is 1.59. The van der Waals surface area contributed by atoms with Gasteiger partial charge in [-0.2, -0.15) is 0 Å². The van der Waals surface area contributed by atoms with Crippen LogP contribution in [0, 0.1) is 5.41 Å². The van der Waals surface area contributed by atoms with E-state index < -0.39 is 11.4 Å². The molecule has 0 heterocycles. The van der Waals surface area contributed by atoms with Crippen LogP contribution in [0.25, 0.3) is 0 Å². The van der Waals surface area contributed by atoms with Gasteiger partial charge in [0, 0.05) is 27.2 Å². The van der Waals surface area contributed by atoms with E-state index in [0.29, 0.717) is 13.2 Å². The van der Waals surface area contributed by atoms with E-state index in [1.165, 1.54) is 0 Å². The molecule has 0 spiro atoms. The number of methoxy groups -OCH3 is 2. The van der Waals surface area contributed by atoms with E-state index in [-0.39, 0.29) is 24.9 Å². The molecule has 0 saturated carbocycles. The summed E-state index contributed by atoms with van der Waals surface area (Å²) in [5.74, 6) is -1.08. The van der Waals surface area contributed by atoms with Crippen LogP contribution < -0.4 is 5.32 Å². The van der Waals surface area contributed by atoms with Gasteiger partial charge in [0.2, 0.25) is 5.91 Å². The van der Waals surface area contributed by atoms with Crippen LogP contribution in [0.15, 0.2) is 0 Å². The predicted molar refractivity (Wildman–Crippen MR) is 66.3 cm³/mol. The highest BCUT2D eigenvalue weighted by molar-refractivity contribution is 5.77. The Kier molecular flexibility index (Phi) is 7.54. The third-order valence-corrected chi connectivity index (χ3v) is 2.48. The number of rotatable bonds is 9. The van der Waals surface area contributed by atoms with Gasteiger partial charge >= 0.3 is 5.97 Å². The number of ether oxygens (including phenoxy) is 2. The Morgan fingerprint density at radius 3 is 2.33 bits per heavy atom. The summed E-state index contributed by atoms with van der Waals surface area (Å²) in [6, 6.07) is 0. The molecule has 0 aliphatic carbocycles. The van der Waals surface area contributed by atoms with Gasteiger partial charge in [-0.15, -0.1) is 0 Å². The van der Waals surface area contributed by atoms with E-state index in [9.17, 15) is 9.59 Å². The molecule has 0 rings (SSSR count). The van der Waals surface area contributed by atoms with Gasteiger partial charge in [-0.1, -0.05) is 13.8 Å². The lowest BCUT2D eigenvalue weighted by molar-refractivity contribution is -0.139. The van der Waals surface area contributed by atoms with Crippen molar-refractivity contribution in [2.24, 2.45) is 5.41 Å². The minimum atomic E-state index is -0.901. The van der Waals surface area contributed by atoms with Gasteiger partial charge in [0.25, 0.3) is 0 Å². The number of carboxylic acid groups (broad SMARTS) is 1. The second-order valence-corrected chi connectivity index (χ2v) is 5.03. The maximum atomic E-state index is 11.7. The molecule has 0 bridgehead atoms. The van der Waals surface area contributed by atoms with Crippen LogP contribution in [0.5, 0.6) is 0 Å². The molecule has 0 aromatic rings. The molecule has 1 amide bonds. The summed E-state index contributed by atoms with van der Waals surface area (Å²) >= 11 is 0. The van der Waals surface area contributed by atoms with E-state index in [0.717, 1.165) is 0 Å². The largest absolute Gasteiger partial charge is 0.481 e. The average molecular weight is 261 g/mol.